The summed E-state index contributed by atoms with van der Waals surface area (Å²) in [5.41, 5.74) is 1.29. The Labute approximate surface area is 181 Å². The van der Waals surface area contributed by atoms with Crippen LogP contribution in [-0.2, 0) is 13.1 Å². The number of rotatable bonds is 9. The first-order valence-electron chi connectivity index (χ1n) is 9.86. The van der Waals surface area contributed by atoms with E-state index in [0.29, 0.717) is 29.5 Å². The summed E-state index contributed by atoms with van der Waals surface area (Å²) in [5.74, 6) is 1.52. The number of methoxy groups -OCH3 is 1. The first-order chi connectivity index (χ1) is 14.5. The van der Waals surface area contributed by atoms with Crippen LogP contribution >= 0.6 is 12.2 Å². The summed E-state index contributed by atoms with van der Waals surface area (Å²) in [6.07, 6.45) is 2.57. The Kier molecular flexibility index (Phi) is 7.48. The Morgan fingerprint density at radius 2 is 2.07 bits per heavy atom. The van der Waals surface area contributed by atoms with Gasteiger partial charge in [-0.15, -0.1) is 0 Å². The van der Waals surface area contributed by atoms with Gasteiger partial charge in [-0.05, 0) is 75.0 Å². The number of pyridine rings is 1. The zero-order valence-electron chi connectivity index (χ0n) is 17.6. The maximum Gasteiger partial charge on any atom is 0.253 e. The third-order valence-corrected chi connectivity index (χ3v) is 5.21. The summed E-state index contributed by atoms with van der Waals surface area (Å²) >= 11 is 5.63. The third kappa shape index (κ3) is 5.84. The van der Waals surface area contributed by atoms with Gasteiger partial charge in [0.05, 0.1) is 32.0 Å². The molecule has 0 bridgehead atoms. The van der Waals surface area contributed by atoms with Crippen molar-refractivity contribution in [3.05, 3.63) is 64.3 Å². The summed E-state index contributed by atoms with van der Waals surface area (Å²) < 4.78 is 10.6. The van der Waals surface area contributed by atoms with Crippen LogP contribution in [0.4, 0.5) is 0 Å². The SMILES string of the molecule is COc1ccc2cc(CN(CCCN(C)C)C(=S)NCc3ccco3)c(=O)[nH]c2c1. The van der Waals surface area contributed by atoms with Crippen LogP contribution in [-0.4, -0.2) is 54.2 Å². The van der Waals surface area contributed by atoms with Crippen LogP contribution in [0.5, 0.6) is 5.75 Å². The lowest BCUT2D eigenvalue weighted by atomic mass is 10.1. The molecule has 0 amide bonds. The van der Waals surface area contributed by atoms with E-state index in [1.165, 1.54) is 0 Å². The Bertz CT molecular complexity index is 1030. The second kappa shape index (κ2) is 10.3. The molecule has 0 saturated carbocycles. The van der Waals surface area contributed by atoms with E-state index >= 15 is 0 Å². The number of H-pyrrole nitrogens is 1. The molecule has 0 saturated heterocycles. The van der Waals surface area contributed by atoms with Gasteiger partial charge < -0.3 is 29.3 Å². The smallest absolute Gasteiger partial charge is 0.253 e. The van der Waals surface area contributed by atoms with E-state index in [1.54, 1.807) is 13.4 Å². The van der Waals surface area contributed by atoms with Crippen molar-refractivity contribution in [3.8, 4) is 5.75 Å². The van der Waals surface area contributed by atoms with Crippen LogP contribution in [0.25, 0.3) is 10.9 Å². The van der Waals surface area contributed by atoms with E-state index < -0.39 is 0 Å². The monoisotopic (exact) mass is 428 g/mol. The molecule has 0 aliphatic heterocycles. The standard InChI is InChI=1S/C22H28N4O3S/c1-25(2)9-5-10-26(22(30)23-14-19-6-4-11-29-19)15-17-12-16-7-8-18(28-3)13-20(16)24-21(17)27/h4,6-8,11-13H,5,9-10,14-15H2,1-3H3,(H,23,30)(H,24,27). The lowest BCUT2D eigenvalue weighted by Gasteiger charge is -2.26. The largest absolute Gasteiger partial charge is 0.497 e. The summed E-state index contributed by atoms with van der Waals surface area (Å²) in [4.78, 5) is 19.8. The molecule has 160 valence electrons. The van der Waals surface area contributed by atoms with Crippen molar-refractivity contribution < 1.29 is 9.15 Å². The molecule has 8 heteroatoms. The molecule has 2 heterocycles. The molecule has 3 rings (SSSR count). The Morgan fingerprint density at radius 3 is 2.77 bits per heavy atom. The van der Waals surface area contributed by atoms with Gasteiger partial charge in [-0.25, -0.2) is 0 Å². The molecule has 1 aromatic carbocycles. The number of thiocarbonyl (C=S) groups is 1. The molecule has 7 nitrogen and oxygen atoms in total. The van der Waals surface area contributed by atoms with Crippen molar-refractivity contribution in [2.75, 3.05) is 34.3 Å². The summed E-state index contributed by atoms with van der Waals surface area (Å²) in [7, 11) is 5.69. The number of furan rings is 1. The van der Waals surface area contributed by atoms with Crippen molar-refractivity contribution in [3.63, 3.8) is 0 Å². The van der Waals surface area contributed by atoms with Crippen molar-refractivity contribution >= 4 is 28.2 Å². The second-order valence-electron chi connectivity index (χ2n) is 7.39. The summed E-state index contributed by atoms with van der Waals surface area (Å²) in [6.45, 7) is 2.60. The minimum absolute atomic E-state index is 0.123. The van der Waals surface area contributed by atoms with E-state index in [9.17, 15) is 4.79 Å². The van der Waals surface area contributed by atoms with Gasteiger partial charge in [0, 0.05) is 18.2 Å². The van der Waals surface area contributed by atoms with E-state index in [4.69, 9.17) is 21.4 Å². The number of benzene rings is 1. The van der Waals surface area contributed by atoms with Gasteiger partial charge in [0.15, 0.2) is 5.11 Å². The molecule has 0 radical (unpaired) electrons. The lowest BCUT2D eigenvalue weighted by molar-refractivity contribution is 0.339. The maximum atomic E-state index is 12.7. The Balaban J connectivity index is 1.77. The lowest BCUT2D eigenvalue weighted by Crippen LogP contribution is -2.41. The molecule has 0 spiro atoms. The zero-order chi connectivity index (χ0) is 21.5. The molecular formula is C22H28N4O3S. The van der Waals surface area contributed by atoms with Gasteiger partial charge in [0.1, 0.15) is 11.5 Å². The highest BCUT2D eigenvalue weighted by atomic mass is 32.1. The number of aromatic nitrogens is 1. The topological polar surface area (TPSA) is 73.7 Å². The van der Waals surface area contributed by atoms with E-state index in [0.717, 1.165) is 36.2 Å². The van der Waals surface area contributed by atoms with Gasteiger partial charge >= 0.3 is 0 Å². The summed E-state index contributed by atoms with van der Waals surface area (Å²) in [5, 5.41) is 4.79. The number of nitrogens with one attached hydrogen (secondary N) is 2. The minimum atomic E-state index is -0.123. The number of nitrogens with zero attached hydrogens (tertiary/aromatic N) is 2. The van der Waals surface area contributed by atoms with E-state index in [2.05, 4.69) is 15.2 Å². The van der Waals surface area contributed by atoms with Gasteiger partial charge in [-0.2, -0.15) is 0 Å². The Morgan fingerprint density at radius 1 is 1.23 bits per heavy atom. The van der Waals surface area contributed by atoms with E-state index in [1.807, 2.05) is 55.4 Å². The van der Waals surface area contributed by atoms with Gasteiger partial charge in [-0.1, -0.05) is 0 Å². The first kappa shape index (κ1) is 21.9. The van der Waals surface area contributed by atoms with Crippen LogP contribution in [0, 0.1) is 0 Å². The number of hydrogen-bond donors (Lipinski definition) is 2. The predicted molar refractivity (Wildman–Crippen MR) is 123 cm³/mol. The summed E-state index contributed by atoms with van der Waals surface area (Å²) in [6, 6.07) is 11.3. The fraction of sp³-hybridized carbons (Fsp3) is 0.364. The molecule has 0 aliphatic carbocycles. The second-order valence-corrected chi connectivity index (χ2v) is 7.78. The molecule has 0 unspecified atom stereocenters. The zero-order valence-corrected chi connectivity index (χ0v) is 18.4. The van der Waals surface area contributed by atoms with Crippen molar-refractivity contribution in [1.29, 1.82) is 0 Å². The van der Waals surface area contributed by atoms with Crippen molar-refractivity contribution in [2.45, 2.75) is 19.5 Å². The van der Waals surface area contributed by atoms with Crippen LogP contribution in [0.3, 0.4) is 0 Å². The molecule has 0 fully saturated rings. The van der Waals surface area contributed by atoms with Crippen LogP contribution in [0.1, 0.15) is 17.7 Å². The molecule has 3 aromatic rings. The van der Waals surface area contributed by atoms with Crippen LogP contribution < -0.4 is 15.6 Å². The molecular weight excluding hydrogens is 400 g/mol. The normalized spacial score (nSPS) is 11.1. The Hall–Kier alpha value is -2.84. The highest BCUT2D eigenvalue weighted by Crippen LogP contribution is 2.19. The fourth-order valence-corrected chi connectivity index (χ4v) is 3.42. The fourth-order valence-electron chi connectivity index (χ4n) is 3.19. The molecule has 0 aliphatic rings. The minimum Gasteiger partial charge on any atom is -0.497 e. The third-order valence-electron chi connectivity index (χ3n) is 4.81. The number of fused-ring (bicyclic) bond motifs is 1. The van der Waals surface area contributed by atoms with Gasteiger partial charge in [-0.3, -0.25) is 4.79 Å². The van der Waals surface area contributed by atoms with Gasteiger partial charge in [0.2, 0.25) is 0 Å². The number of hydrogen-bond acceptors (Lipinski definition) is 5. The number of ether oxygens (including phenoxy) is 1. The van der Waals surface area contributed by atoms with Gasteiger partial charge in [0.25, 0.3) is 5.56 Å². The average Bonchev–Trinajstić information content (AvgIpc) is 3.24. The molecule has 2 N–H and O–H groups in total. The predicted octanol–water partition coefficient (Wildman–Crippen LogP) is 2.96. The van der Waals surface area contributed by atoms with Crippen molar-refractivity contribution in [2.24, 2.45) is 0 Å². The van der Waals surface area contributed by atoms with Crippen LogP contribution in [0.2, 0.25) is 0 Å². The van der Waals surface area contributed by atoms with Crippen LogP contribution in [0.15, 0.2) is 51.9 Å². The molecule has 30 heavy (non-hydrogen) atoms. The number of aromatic amines is 1. The first-order valence-corrected chi connectivity index (χ1v) is 10.3. The van der Waals surface area contributed by atoms with E-state index in [-0.39, 0.29) is 5.56 Å². The highest BCUT2D eigenvalue weighted by Gasteiger charge is 2.14. The van der Waals surface area contributed by atoms with Crippen molar-refractivity contribution in [1.82, 2.24) is 20.1 Å². The maximum absolute atomic E-state index is 12.7. The average molecular weight is 429 g/mol. The molecule has 2 aromatic heterocycles. The highest BCUT2D eigenvalue weighted by molar-refractivity contribution is 7.80. The molecule has 0 atom stereocenters. The quantitative estimate of drug-likeness (QED) is 0.508.